The van der Waals surface area contributed by atoms with Crippen LogP contribution in [0.2, 0.25) is 0 Å². The van der Waals surface area contributed by atoms with E-state index in [9.17, 15) is 9.59 Å². The molecule has 0 saturated carbocycles. The molecule has 2 aromatic rings. The molecule has 0 radical (unpaired) electrons. The Balaban J connectivity index is 1.96. The first-order chi connectivity index (χ1) is 12.0. The lowest BCUT2D eigenvalue weighted by molar-refractivity contribution is -0.113. The van der Waals surface area contributed by atoms with Gasteiger partial charge in [0.15, 0.2) is 5.13 Å². The Morgan fingerprint density at radius 1 is 1.16 bits per heavy atom. The fourth-order valence-corrected chi connectivity index (χ4v) is 3.51. The fourth-order valence-electron chi connectivity index (χ4n) is 2.00. The van der Waals surface area contributed by atoms with Crippen molar-refractivity contribution in [3.63, 3.8) is 0 Å². The molecule has 0 aliphatic rings. The molecule has 8 nitrogen and oxygen atoms in total. The van der Waals surface area contributed by atoms with E-state index in [0.29, 0.717) is 20.9 Å². The molecular weight excluding hydrogens is 362 g/mol. The number of aromatic nitrogens is 4. The summed E-state index contributed by atoms with van der Waals surface area (Å²) < 4.78 is 4.67. The Kier molecular flexibility index (Phi) is 6.82. The maximum atomic E-state index is 12.1. The van der Waals surface area contributed by atoms with Gasteiger partial charge in [0.2, 0.25) is 11.1 Å². The van der Waals surface area contributed by atoms with Crippen LogP contribution in [0.15, 0.2) is 5.16 Å². The number of anilines is 1. The highest BCUT2D eigenvalue weighted by atomic mass is 32.2. The minimum atomic E-state index is -0.465. The van der Waals surface area contributed by atoms with Crippen molar-refractivity contribution in [1.82, 2.24) is 20.2 Å². The number of thiazole rings is 1. The van der Waals surface area contributed by atoms with Crippen molar-refractivity contribution < 1.29 is 14.3 Å². The van der Waals surface area contributed by atoms with E-state index in [1.54, 1.807) is 6.92 Å². The molecule has 134 valence electrons. The summed E-state index contributed by atoms with van der Waals surface area (Å²) >= 11 is 2.29. The van der Waals surface area contributed by atoms with Crippen molar-refractivity contribution in [1.29, 1.82) is 0 Å². The Morgan fingerprint density at radius 3 is 2.52 bits per heavy atom. The second-order valence-corrected chi connectivity index (χ2v) is 6.90. The van der Waals surface area contributed by atoms with Gasteiger partial charge in [-0.05, 0) is 19.8 Å². The van der Waals surface area contributed by atoms with Gasteiger partial charge in [-0.1, -0.05) is 36.9 Å². The van der Waals surface area contributed by atoms with Gasteiger partial charge >= 0.3 is 5.97 Å². The molecule has 1 N–H and O–H groups in total. The minimum Gasteiger partial charge on any atom is -0.465 e. The van der Waals surface area contributed by atoms with Crippen molar-refractivity contribution in [3.05, 3.63) is 22.0 Å². The number of nitrogens with zero attached hydrogens (tertiary/aromatic N) is 4. The molecule has 2 aromatic heterocycles. The van der Waals surface area contributed by atoms with Crippen molar-refractivity contribution in [2.75, 3.05) is 18.2 Å². The van der Waals surface area contributed by atoms with Gasteiger partial charge in [-0.2, -0.15) is 5.10 Å². The molecule has 0 spiro atoms. The SMILES string of the molecule is CCc1nnc(SCC(=O)Nc2nc(C)c(C(=O)OC)s2)nc1CC. The van der Waals surface area contributed by atoms with Crippen LogP contribution in [0.5, 0.6) is 0 Å². The van der Waals surface area contributed by atoms with Crippen molar-refractivity contribution in [2.24, 2.45) is 0 Å². The number of amides is 1. The number of nitrogens with one attached hydrogen (secondary N) is 1. The van der Waals surface area contributed by atoms with Crippen LogP contribution in [-0.2, 0) is 22.4 Å². The van der Waals surface area contributed by atoms with Gasteiger partial charge < -0.3 is 10.1 Å². The normalized spacial score (nSPS) is 10.6. The van der Waals surface area contributed by atoms with Crippen molar-refractivity contribution >= 4 is 40.1 Å². The number of hydrogen-bond acceptors (Lipinski definition) is 9. The smallest absolute Gasteiger partial charge is 0.350 e. The molecule has 2 heterocycles. The van der Waals surface area contributed by atoms with Gasteiger partial charge in [-0.25, -0.2) is 14.8 Å². The zero-order valence-corrected chi connectivity index (χ0v) is 16.1. The van der Waals surface area contributed by atoms with E-state index >= 15 is 0 Å². The van der Waals surface area contributed by atoms with Crippen LogP contribution in [-0.4, -0.2) is 44.9 Å². The molecule has 0 atom stereocenters. The summed E-state index contributed by atoms with van der Waals surface area (Å²) in [6, 6.07) is 0. The summed E-state index contributed by atoms with van der Waals surface area (Å²) in [7, 11) is 1.30. The molecule has 1 amide bonds. The molecule has 2 rings (SSSR count). The summed E-state index contributed by atoms with van der Waals surface area (Å²) in [5, 5.41) is 11.7. The number of esters is 1. The maximum Gasteiger partial charge on any atom is 0.350 e. The van der Waals surface area contributed by atoms with Gasteiger partial charge in [0, 0.05) is 0 Å². The van der Waals surface area contributed by atoms with E-state index in [-0.39, 0.29) is 11.7 Å². The lowest BCUT2D eigenvalue weighted by Gasteiger charge is -2.05. The molecule has 0 bridgehead atoms. The quantitative estimate of drug-likeness (QED) is 0.575. The summed E-state index contributed by atoms with van der Waals surface area (Å²) in [4.78, 5) is 32.6. The molecule has 0 fully saturated rings. The zero-order chi connectivity index (χ0) is 18.4. The molecule has 0 unspecified atom stereocenters. The molecule has 0 saturated heterocycles. The number of hydrogen-bond donors (Lipinski definition) is 1. The average Bonchev–Trinajstić information content (AvgIpc) is 2.98. The van der Waals surface area contributed by atoms with Crippen molar-refractivity contribution in [2.45, 2.75) is 38.8 Å². The highest BCUT2D eigenvalue weighted by molar-refractivity contribution is 7.99. The molecule has 0 aromatic carbocycles. The Morgan fingerprint density at radius 2 is 1.88 bits per heavy atom. The van der Waals surface area contributed by atoms with Crippen LogP contribution in [0.1, 0.15) is 40.6 Å². The molecule has 0 aliphatic carbocycles. The van der Waals surface area contributed by atoms with Crippen LogP contribution in [0.4, 0.5) is 5.13 Å². The highest BCUT2D eigenvalue weighted by Crippen LogP contribution is 2.23. The van der Waals surface area contributed by atoms with E-state index in [1.165, 1.54) is 18.9 Å². The molecule has 10 heteroatoms. The number of carbonyl (C=O) groups excluding carboxylic acids is 2. The number of ether oxygens (including phenoxy) is 1. The maximum absolute atomic E-state index is 12.1. The lowest BCUT2D eigenvalue weighted by Crippen LogP contribution is -2.14. The van der Waals surface area contributed by atoms with Crippen LogP contribution in [0, 0.1) is 6.92 Å². The van der Waals surface area contributed by atoms with E-state index in [1.807, 2.05) is 13.8 Å². The molecule has 25 heavy (non-hydrogen) atoms. The van der Waals surface area contributed by atoms with E-state index in [4.69, 9.17) is 0 Å². The summed E-state index contributed by atoms with van der Waals surface area (Å²) in [5.41, 5.74) is 2.30. The van der Waals surface area contributed by atoms with Crippen LogP contribution in [0.25, 0.3) is 0 Å². The lowest BCUT2D eigenvalue weighted by atomic mass is 10.2. The van der Waals surface area contributed by atoms with Gasteiger partial charge in [-0.3, -0.25) is 4.79 Å². The second-order valence-electron chi connectivity index (χ2n) is 4.96. The Hall–Kier alpha value is -2.07. The first-order valence-corrected chi connectivity index (χ1v) is 9.49. The predicted octanol–water partition coefficient (Wildman–Crippen LogP) is 2.28. The molecular formula is C15H19N5O3S2. The average molecular weight is 381 g/mol. The third kappa shape index (κ3) is 4.95. The van der Waals surface area contributed by atoms with Gasteiger partial charge in [0.1, 0.15) is 4.88 Å². The first-order valence-electron chi connectivity index (χ1n) is 7.69. The number of carbonyl (C=O) groups is 2. The van der Waals surface area contributed by atoms with Gasteiger partial charge in [-0.15, -0.1) is 5.10 Å². The Bertz CT molecular complexity index is 779. The molecule has 0 aliphatic heterocycles. The number of methoxy groups -OCH3 is 1. The zero-order valence-electron chi connectivity index (χ0n) is 14.5. The summed E-state index contributed by atoms with van der Waals surface area (Å²) in [5.74, 6) is -0.591. The third-order valence-corrected chi connectivity index (χ3v) is 5.13. The van der Waals surface area contributed by atoms with E-state index in [0.717, 1.165) is 35.6 Å². The standard InChI is InChI=1S/C15H19N5O3S2/c1-5-9-10(6-2)19-20-15(17-9)24-7-11(21)18-14-16-8(3)12(25-14)13(22)23-4/h5-7H2,1-4H3,(H,16,18,21). The van der Waals surface area contributed by atoms with Crippen LogP contribution < -0.4 is 5.32 Å². The van der Waals surface area contributed by atoms with Crippen LogP contribution >= 0.6 is 23.1 Å². The third-order valence-electron chi connectivity index (χ3n) is 3.24. The monoisotopic (exact) mass is 381 g/mol. The minimum absolute atomic E-state index is 0.127. The van der Waals surface area contributed by atoms with Gasteiger partial charge in [0.25, 0.3) is 0 Å². The number of thioether (sulfide) groups is 1. The van der Waals surface area contributed by atoms with E-state index in [2.05, 4.69) is 30.2 Å². The first kappa shape index (κ1) is 19.3. The summed E-state index contributed by atoms with van der Waals surface area (Å²) in [6.45, 7) is 5.70. The number of rotatable bonds is 7. The number of aryl methyl sites for hydroxylation is 3. The van der Waals surface area contributed by atoms with Crippen LogP contribution in [0.3, 0.4) is 0 Å². The fraction of sp³-hybridized carbons (Fsp3) is 0.467. The largest absolute Gasteiger partial charge is 0.465 e. The van der Waals surface area contributed by atoms with Gasteiger partial charge in [0.05, 0.1) is 29.9 Å². The van der Waals surface area contributed by atoms with Crippen molar-refractivity contribution in [3.8, 4) is 0 Å². The van der Waals surface area contributed by atoms with E-state index < -0.39 is 5.97 Å². The second kappa shape index (κ2) is 8.86. The Labute approximate surface area is 153 Å². The predicted molar refractivity (Wildman–Crippen MR) is 96.1 cm³/mol. The highest BCUT2D eigenvalue weighted by Gasteiger charge is 2.17. The topological polar surface area (TPSA) is 107 Å². The summed E-state index contributed by atoms with van der Waals surface area (Å²) in [6.07, 6.45) is 1.55.